The van der Waals surface area contributed by atoms with Crippen LogP contribution in [0, 0.1) is 23.2 Å². The Labute approximate surface area is 507 Å². The molecular formula is C77H104P2S2. The lowest BCUT2D eigenvalue weighted by Crippen LogP contribution is -2.30. The van der Waals surface area contributed by atoms with E-state index in [1.165, 1.54) is 166 Å². The number of fused-ring (bicyclic) bond motifs is 3. The molecule has 0 saturated heterocycles. The molecule has 434 valence electrons. The summed E-state index contributed by atoms with van der Waals surface area (Å²) in [4.78, 5) is 4.93. The summed E-state index contributed by atoms with van der Waals surface area (Å²) in [5, 5.41) is 2.87. The number of hydrogen-bond donors (Lipinski definition) is 0. The van der Waals surface area contributed by atoms with Gasteiger partial charge in [0.05, 0.1) is 9.75 Å². The SMILES string of the molecule is CCCCCCCCC1(CCCCCCCC)c2cc(-c3ccc(C#CPc4c(C(C)(C)C)cc(C(C)(C)C)cc4C(C)(C)C)s3)ccc2-c2ccc(-c3ccc(C#CPc4c(C(C)(C)C)cc(C(C)(C)C)cc4C(C)(C)C)s3)cc21. The highest BCUT2D eigenvalue weighted by Crippen LogP contribution is 2.56. The number of hydrogen-bond acceptors (Lipinski definition) is 2. The van der Waals surface area contributed by atoms with Crippen molar-refractivity contribution in [2.75, 3.05) is 0 Å². The molecule has 0 fully saturated rings. The Bertz CT molecular complexity index is 2960. The first kappa shape index (κ1) is 64.8. The summed E-state index contributed by atoms with van der Waals surface area (Å²) in [6, 6.07) is 34.2. The molecule has 0 nitrogen and oxygen atoms in total. The van der Waals surface area contributed by atoms with Crippen molar-refractivity contribution in [3.8, 4) is 55.2 Å². The lowest BCUT2D eigenvalue weighted by atomic mass is 9.70. The molecule has 81 heavy (non-hydrogen) atoms. The number of unbranched alkanes of at least 4 members (excludes halogenated alkanes) is 10. The molecule has 0 N–H and O–H groups in total. The molecule has 0 amide bonds. The molecular weight excluding hydrogens is 1050 g/mol. The van der Waals surface area contributed by atoms with Crippen LogP contribution in [0.3, 0.4) is 0 Å². The van der Waals surface area contributed by atoms with Crippen molar-refractivity contribution in [2.24, 2.45) is 0 Å². The summed E-state index contributed by atoms with van der Waals surface area (Å²) < 4.78 is 0. The van der Waals surface area contributed by atoms with Crippen molar-refractivity contribution in [1.29, 1.82) is 0 Å². The summed E-state index contributed by atoms with van der Waals surface area (Å²) in [7, 11) is 0.846. The molecule has 0 spiro atoms. The molecule has 7 rings (SSSR count). The molecule has 1 aliphatic carbocycles. The van der Waals surface area contributed by atoms with Crippen LogP contribution in [0.5, 0.6) is 0 Å². The van der Waals surface area contributed by atoms with E-state index in [2.05, 4.69) is 247 Å². The Balaban J connectivity index is 1.25. The quantitative estimate of drug-likeness (QED) is 0.0457. The zero-order chi connectivity index (χ0) is 59.3. The van der Waals surface area contributed by atoms with E-state index in [1.54, 1.807) is 11.1 Å². The first-order valence-corrected chi connectivity index (χ1v) is 34.9. The third-order valence-electron chi connectivity index (χ3n) is 17.0. The van der Waals surface area contributed by atoms with Gasteiger partial charge in [-0.3, -0.25) is 0 Å². The van der Waals surface area contributed by atoms with Crippen molar-refractivity contribution >= 4 is 50.4 Å². The third-order valence-corrected chi connectivity index (χ3v) is 21.2. The topological polar surface area (TPSA) is 0 Å². The normalized spacial score (nSPS) is 13.9. The standard InChI is InChI=1S/C77H104P2S2/c1-21-23-25-27-29-31-43-77(44-32-30-28-26-24-22-2)61-47-53(67-39-35-57(80-67)41-45-78-69-63(73(9,10)11)49-55(71(3,4)5)50-64(69)74(12,13)14)33-37-59(61)60-38-34-54(48-62(60)77)68-40-36-58(81-68)42-46-79-70-65(75(15,16)17)51-56(72(6,7)8)52-66(70)76(18,19)20/h33-40,47-52,78-79H,21-32,43-44H2,1-20H3. The molecule has 2 aromatic heterocycles. The fourth-order valence-electron chi connectivity index (χ4n) is 12.1. The van der Waals surface area contributed by atoms with Crippen LogP contribution in [0.1, 0.15) is 283 Å². The van der Waals surface area contributed by atoms with Gasteiger partial charge in [0.1, 0.15) is 0 Å². The van der Waals surface area contributed by atoms with Gasteiger partial charge in [0.25, 0.3) is 0 Å². The molecule has 2 unspecified atom stereocenters. The lowest BCUT2D eigenvalue weighted by molar-refractivity contribution is 0.398. The van der Waals surface area contributed by atoms with Crippen LogP contribution >= 0.6 is 39.8 Å². The van der Waals surface area contributed by atoms with Gasteiger partial charge in [0.2, 0.25) is 0 Å². The molecule has 0 saturated carbocycles. The number of thiophene rings is 2. The third kappa shape index (κ3) is 16.0. The Morgan fingerprint density at radius 2 is 0.691 bits per heavy atom. The smallest absolute Gasteiger partial charge is 0.0778 e. The molecule has 0 bridgehead atoms. The van der Waals surface area contributed by atoms with Gasteiger partial charge < -0.3 is 0 Å². The van der Waals surface area contributed by atoms with Gasteiger partial charge >= 0.3 is 0 Å². The Hall–Kier alpha value is -3.74. The van der Waals surface area contributed by atoms with E-state index in [0.717, 1.165) is 9.75 Å². The van der Waals surface area contributed by atoms with E-state index in [-0.39, 0.29) is 37.9 Å². The fourth-order valence-corrected chi connectivity index (χ4v) is 17.0. The van der Waals surface area contributed by atoms with E-state index >= 15 is 0 Å². The van der Waals surface area contributed by atoms with Gasteiger partial charge in [-0.05, 0) is 176 Å². The fraction of sp³-hybridized carbons (Fsp3) is 0.532. The minimum absolute atomic E-state index is 0.0210. The summed E-state index contributed by atoms with van der Waals surface area (Å²) in [6.07, 6.45) is 18.1. The molecule has 1 aliphatic rings. The average molecular weight is 1160 g/mol. The highest BCUT2D eigenvalue weighted by molar-refractivity contribution is 7.53. The Morgan fingerprint density at radius 1 is 0.370 bits per heavy atom. The van der Waals surface area contributed by atoms with Crippen molar-refractivity contribution in [3.05, 3.63) is 139 Å². The highest BCUT2D eigenvalue weighted by Gasteiger charge is 2.43. The Morgan fingerprint density at radius 3 is 1.00 bits per heavy atom. The minimum Gasteiger partial charge on any atom is -0.127 e. The van der Waals surface area contributed by atoms with Crippen molar-refractivity contribution in [1.82, 2.24) is 0 Å². The van der Waals surface area contributed by atoms with Crippen LogP contribution in [0.4, 0.5) is 0 Å². The van der Waals surface area contributed by atoms with E-state index in [4.69, 9.17) is 0 Å². The highest BCUT2D eigenvalue weighted by atomic mass is 32.1. The first-order chi connectivity index (χ1) is 37.9. The molecule has 2 heterocycles. The van der Waals surface area contributed by atoms with Crippen LogP contribution in [0.2, 0.25) is 0 Å². The zero-order valence-electron chi connectivity index (χ0n) is 54.3. The van der Waals surface area contributed by atoms with E-state index < -0.39 is 0 Å². The molecule has 4 heteroatoms. The van der Waals surface area contributed by atoms with Crippen LogP contribution in [0.15, 0.2) is 84.9 Å². The second-order valence-electron chi connectivity index (χ2n) is 30.1. The van der Waals surface area contributed by atoms with Crippen LogP contribution in [0.25, 0.3) is 32.0 Å². The van der Waals surface area contributed by atoms with Gasteiger partial charge in [0.15, 0.2) is 0 Å². The number of benzene rings is 4. The summed E-state index contributed by atoms with van der Waals surface area (Å²) in [5.41, 5.74) is 25.0. The largest absolute Gasteiger partial charge is 0.127 e. The van der Waals surface area contributed by atoms with E-state index in [9.17, 15) is 0 Å². The second kappa shape index (κ2) is 26.3. The van der Waals surface area contributed by atoms with Crippen molar-refractivity contribution < 1.29 is 0 Å². The van der Waals surface area contributed by atoms with Crippen LogP contribution in [-0.2, 0) is 37.9 Å². The van der Waals surface area contributed by atoms with E-state index in [1.807, 2.05) is 22.7 Å². The summed E-state index contributed by atoms with van der Waals surface area (Å²) in [5.74, 6) is 7.41. The van der Waals surface area contributed by atoms with Gasteiger partial charge in [-0.1, -0.05) is 287 Å². The van der Waals surface area contributed by atoms with Crippen LogP contribution < -0.4 is 10.6 Å². The zero-order valence-corrected chi connectivity index (χ0v) is 57.9. The summed E-state index contributed by atoms with van der Waals surface area (Å²) >= 11 is 3.73. The van der Waals surface area contributed by atoms with Crippen LogP contribution in [-0.4, -0.2) is 0 Å². The van der Waals surface area contributed by atoms with Crippen molar-refractivity contribution in [3.63, 3.8) is 0 Å². The van der Waals surface area contributed by atoms with E-state index in [0.29, 0.717) is 17.2 Å². The van der Waals surface area contributed by atoms with Gasteiger partial charge in [-0.2, -0.15) is 0 Å². The van der Waals surface area contributed by atoms with Gasteiger partial charge in [-0.25, -0.2) is 0 Å². The number of rotatable bonds is 18. The molecule has 2 atom stereocenters. The first-order valence-electron chi connectivity index (χ1n) is 31.3. The maximum Gasteiger partial charge on any atom is 0.0778 e. The predicted molar refractivity (Wildman–Crippen MR) is 370 cm³/mol. The lowest BCUT2D eigenvalue weighted by Gasteiger charge is -2.33. The molecule has 0 radical (unpaired) electrons. The second-order valence-corrected chi connectivity index (χ2v) is 34.3. The maximum absolute atomic E-state index is 3.75. The average Bonchev–Trinajstić information content (AvgIpc) is 3.81. The van der Waals surface area contributed by atoms with Gasteiger partial charge in [0, 0.05) is 15.2 Å². The van der Waals surface area contributed by atoms with Gasteiger partial charge in [-0.15, -0.1) is 22.7 Å². The van der Waals surface area contributed by atoms with Crippen molar-refractivity contribution in [2.45, 2.75) is 266 Å². The minimum atomic E-state index is -0.0373. The molecule has 6 aromatic rings. The summed E-state index contributed by atoms with van der Waals surface area (Å²) in [6.45, 7) is 47.1. The predicted octanol–water partition coefficient (Wildman–Crippen LogP) is 23.3. The maximum atomic E-state index is 3.75. The molecule has 4 aromatic carbocycles. The molecule has 0 aliphatic heterocycles. The Kier molecular flexibility index (Phi) is 21.0. The monoisotopic (exact) mass is 1150 g/mol.